The van der Waals surface area contributed by atoms with Crippen molar-refractivity contribution in [2.45, 2.75) is 33.7 Å². The lowest BCUT2D eigenvalue weighted by Crippen LogP contribution is -2.44. The number of H-pyrrole nitrogens is 1. The first-order valence-corrected chi connectivity index (χ1v) is 7.26. The Morgan fingerprint density at radius 3 is 2.45 bits per heavy atom. The molecule has 0 bridgehead atoms. The average Bonchev–Trinajstić information content (AvgIpc) is 2.98. The maximum Gasteiger partial charge on any atom is 0.261 e. The van der Waals surface area contributed by atoms with Gasteiger partial charge in [0.05, 0.1) is 12.0 Å². The SMILES string of the molecule is CC(N(C)C(=O)c1ccc(-c2ccco2)[nH]c1=O)C(C)(C)C. The van der Waals surface area contributed by atoms with Crippen LogP contribution in [0.1, 0.15) is 38.1 Å². The zero-order valence-corrected chi connectivity index (χ0v) is 13.6. The van der Waals surface area contributed by atoms with Crippen LogP contribution >= 0.6 is 0 Å². The molecule has 5 heteroatoms. The fraction of sp³-hybridized carbons (Fsp3) is 0.412. The molecule has 0 saturated carbocycles. The van der Waals surface area contributed by atoms with E-state index < -0.39 is 5.56 Å². The second-order valence-electron chi connectivity index (χ2n) is 6.55. The summed E-state index contributed by atoms with van der Waals surface area (Å²) in [7, 11) is 1.72. The molecule has 0 aliphatic carbocycles. The van der Waals surface area contributed by atoms with Gasteiger partial charge in [0.2, 0.25) is 0 Å². The largest absolute Gasteiger partial charge is 0.463 e. The first-order chi connectivity index (χ1) is 10.2. The molecular weight excluding hydrogens is 280 g/mol. The number of nitrogens with one attached hydrogen (secondary N) is 1. The molecule has 2 rings (SSSR count). The molecule has 2 heterocycles. The Morgan fingerprint density at radius 1 is 1.27 bits per heavy atom. The van der Waals surface area contributed by atoms with Gasteiger partial charge < -0.3 is 14.3 Å². The maximum atomic E-state index is 12.5. The second kappa shape index (κ2) is 5.83. The number of carbonyl (C=O) groups excluding carboxylic acids is 1. The van der Waals surface area contributed by atoms with Crippen LogP contribution in [-0.2, 0) is 0 Å². The number of aromatic nitrogens is 1. The lowest BCUT2D eigenvalue weighted by Gasteiger charge is -2.35. The molecule has 1 amide bonds. The van der Waals surface area contributed by atoms with E-state index in [-0.39, 0.29) is 22.9 Å². The zero-order chi connectivity index (χ0) is 16.5. The summed E-state index contributed by atoms with van der Waals surface area (Å²) in [5.74, 6) is 0.280. The van der Waals surface area contributed by atoms with E-state index in [4.69, 9.17) is 4.42 Å². The number of pyridine rings is 1. The number of carbonyl (C=O) groups is 1. The quantitative estimate of drug-likeness (QED) is 0.947. The number of aromatic amines is 1. The van der Waals surface area contributed by atoms with Crippen LogP contribution in [0.2, 0.25) is 0 Å². The zero-order valence-electron chi connectivity index (χ0n) is 13.6. The lowest BCUT2D eigenvalue weighted by atomic mass is 9.87. The van der Waals surface area contributed by atoms with Crippen molar-refractivity contribution in [1.29, 1.82) is 0 Å². The molecular formula is C17H22N2O3. The molecule has 0 aliphatic rings. The smallest absolute Gasteiger partial charge is 0.261 e. The number of amides is 1. The summed E-state index contributed by atoms with van der Waals surface area (Å²) in [5, 5.41) is 0. The predicted octanol–water partition coefficient (Wildman–Crippen LogP) is 3.14. The van der Waals surface area contributed by atoms with Crippen LogP contribution in [0.3, 0.4) is 0 Å². The number of nitrogens with zero attached hydrogens (tertiary/aromatic N) is 1. The van der Waals surface area contributed by atoms with Crippen LogP contribution in [-0.4, -0.2) is 28.9 Å². The van der Waals surface area contributed by atoms with Crippen LogP contribution in [0, 0.1) is 5.41 Å². The average molecular weight is 302 g/mol. The molecule has 1 atom stereocenters. The Morgan fingerprint density at radius 2 is 1.95 bits per heavy atom. The summed E-state index contributed by atoms with van der Waals surface area (Å²) in [5.41, 5.74) is 0.212. The highest BCUT2D eigenvalue weighted by Gasteiger charge is 2.28. The van der Waals surface area contributed by atoms with Gasteiger partial charge in [0.15, 0.2) is 0 Å². The highest BCUT2D eigenvalue weighted by atomic mass is 16.3. The van der Waals surface area contributed by atoms with Crippen molar-refractivity contribution in [3.05, 3.63) is 46.4 Å². The van der Waals surface area contributed by atoms with Crippen LogP contribution in [0.4, 0.5) is 0 Å². The standard InChI is InChI=1S/C17H22N2O3/c1-11(17(2,3)4)19(5)16(21)12-8-9-13(18-15(12)20)14-7-6-10-22-14/h6-11H,1-5H3,(H,18,20). The molecule has 0 radical (unpaired) electrons. The minimum absolute atomic E-state index is 0.00384. The van der Waals surface area contributed by atoms with Crippen LogP contribution in [0.25, 0.3) is 11.5 Å². The van der Waals surface area contributed by atoms with Gasteiger partial charge in [-0.25, -0.2) is 0 Å². The third-order valence-corrected chi connectivity index (χ3v) is 4.08. The molecule has 1 N–H and O–H groups in total. The van der Waals surface area contributed by atoms with Crippen molar-refractivity contribution in [2.24, 2.45) is 5.41 Å². The Labute approximate surface area is 130 Å². The number of hydrogen-bond acceptors (Lipinski definition) is 3. The van der Waals surface area contributed by atoms with Gasteiger partial charge in [-0.15, -0.1) is 0 Å². The van der Waals surface area contributed by atoms with Gasteiger partial charge >= 0.3 is 0 Å². The van der Waals surface area contributed by atoms with Crippen molar-refractivity contribution in [3.63, 3.8) is 0 Å². The van der Waals surface area contributed by atoms with Crippen molar-refractivity contribution in [1.82, 2.24) is 9.88 Å². The number of rotatable bonds is 3. The van der Waals surface area contributed by atoms with Gasteiger partial charge in [0.25, 0.3) is 11.5 Å². The van der Waals surface area contributed by atoms with Crippen molar-refractivity contribution in [3.8, 4) is 11.5 Å². The topological polar surface area (TPSA) is 66.3 Å². The Balaban J connectivity index is 2.30. The van der Waals surface area contributed by atoms with E-state index in [9.17, 15) is 9.59 Å². The summed E-state index contributed by atoms with van der Waals surface area (Å²) >= 11 is 0. The van der Waals surface area contributed by atoms with Gasteiger partial charge in [0.1, 0.15) is 11.3 Å². The number of furan rings is 1. The lowest BCUT2D eigenvalue weighted by molar-refractivity contribution is 0.0627. The first kappa shape index (κ1) is 16.1. The second-order valence-corrected chi connectivity index (χ2v) is 6.55. The van der Waals surface area contributed by atoms with Gasteiger partial charge in [-0.1, -0.05) is 20.8 Å². The normalized spacial score (nSPS) is 13.0. The van der Waals surface area contributed by atoms with Gasteiger partial charge in [-0.3, -0.25) is 9.59 Å². The Bertz CT molecular complexity index is 708. The molecule has 0 fully saturated rings. The van der Waals surface area contributed by atoms with E-state index in [0.29, 0.717) is 11.5 Å². The van der Waals surface area contributed by atoms with E-state index >= 15 is 0 Å². The Hall–Kier alpha value is -2.30. The molecule has 118 valence electrons. The van der Waals surface area contributed by atoms with Gasteiger partial charge in [-0.05, 0) is 36.6 Å². The van der Waals surface area contributed by atoms with Gasteiger partial charge in [0, 0.05) is 13.1 Å². The fourth-order valence-corrected chi connectivity index (χ4v) is 2.16. The molecule has 0 spiro atoms. The molecule has 2 aromatic rings. The van der Waals surface area contributed by atoms with Crippen LogP contribution in [0.5, 0.6) is 0 Å². The monoisotopic (exact) mass is 302 g/mol. The Kier molecular flexibility index (Phi) is 4.26. The molecule has 2 aromatic heterocycles. The molecule has 5 nitrogen and oxygen atoms in total. The minimum Gasteiger partial charge on any atom is -0.463 e. The maximum absolute atomic E-state index is 12.5. The van der Waals surface area contributed by atoms with E-state index in [0.717, 1.165) is 0 Å². The molecule has 1 unspecified atom stereocenters. The van der Waals surface area contributed by atoms with Crippen molar-refractivity contribution in [2.75, 3.05) is 7.05 Å². The van der Waals surface area contributed by atoms with E-state index in [2.05, 4.69) is 25.8 Å². The van der Waals surface area contributed by atoms with Crippen LogP contribution in [0.15, 0.2) is 39.7 Å². The van der Waals surface area contributed by atoms with E-state index in [1.807, 2.05) is 6.92 Å². The highest BCUT2D eigenvalue weighted by Crippen LogP contribution is 2.24. The van der Waals surface area contributed by atoms with Crippen LogP contribution < -0.4 is 5.56 Å². The summed E-state index contributed by atoms with van der Waals surface area (Å²) < 4.78 is 5.24. The minimum atomic E-state index is -0.410. The summed E-state index contributed by atoms with van der Waals surface area (Å²) in [6, 6.07) is 6.73. The van der Waals surface area contributed by atoms with Crippen molar-refractivity contribution >= 4 is 5.91 Å². The highest BCUT2D eigenvalue weighted by molar-refractivity contribution is 5.94. The molecule has 22 heavy (non-hydrogen) atoms. The molecule has 0 aromatic carbocycles. The molecule has 0 aliphatic heterocycles. The van der Waals surface area contributed by atoms with Gasteiger partial charge in [-0.2, -0.15) is 0 Å². The summed E-state index contributed by atoms with van der Waals surface area (Å²) in [6.45, 7) is 8.16. The fourth-order valence-electron chi connectivity index (χ4n) is 2.16. The van der Waals surface area contributed by atoms with E-state index in [1.54, 1.807) is 36.2 Å². The van der Waals surface area contributed by atoms with Crippen molar-refractivity contribution < 1.29 is 9.21 Å². The summed E-state index contributed by atoms with van der Waals surface area (Å²) in [4.78, 5) is 29.0. The predicted molar refractivity (Wildman–Crippen MR) is 85.8 cm³/mol. The third kappa shape index (κ3) is 3.13. The first-order valence-electron chi connectivity index (χ1n) is 7.26. The molecule has 0 saturated heterocycles. The van der Waals surface area contributed by atoms with E-state index in [1.165, 1.54) is 6.26 Å². The third-order valence-electron chi connectivity index (χ3n) is 4.08. The summed E-state index contributed by atoms with van der Waals surface area (Å²) in [6.07, 6.45) is 1.53. The number of hydrogen-bond donors (Lipinski definition) is 1.